The maximum Gasteiger partial charge on any atom is 0.324 e. The monoisotopic (exact) mass is 220 g/mol. The highest BCUT2D eigenvalue weighted by Gasteiger charge is 2.37. The Morgan fingerprint density at radius 1 is 1.29 bits per heavy atom. The molecule has 1 unspecified atom stereocenters. The van der Waals surface area contributed by atoms with Crippen LogP contribution in [-0.2, 0) is 9.53 Å². The molecule has 2 nitrogen and oxygen atoms in total. The first-order valence-electron chi connectivity index (χ1n) is 4.98. The van der Waals surface area contributed by atoms with Crippen LogP contribution in [0.25, 0.3) is 0 Å². The van der Waals surface area contributed by atoms with E-state index in [0.717, 1.165) is 0 Å². The normalized spacial score (nSPS) is 15.1. The standard InChI is InChI=1S/C11H21ClO2/c1-7-8(12)9(13)14-11(5,6)10(2,3)4/h8H,7H2,1-6H3. The van der Waals surface area contributed by atoms with Crippen LogP contribution in [0.4, 0.5) is 0 Å². The third kappa shape index (κ3) is 3.49. The van der Waals surface area contributed by atoms with Crippen LogP contribution in [0, 0.1) is 5.41 Å². The van der Waals surface area contributed by atoms with Gasteiger partial charge < -0.3 is 4.74 Å². The summed E-state index contributed by atoms with van der Waals surface area (Å²) in [5, 5.41) is -0.531. The minimum atomic E-state index is -0.531. The molecule has 14 heavy (non-hydrogen) atoms. The third-order valence-corrected chi connectivity index (χ3v) is 3.26. The molecule has 1 atom stereocenters. The second-order valence-corrected chi connectivity index (χ2v) is 5.58. The number of carbonyl (C=O) groups excluding carboxylic acids is 1. The molecule has 0 aliphatic heterocycles. The van der Waals surface area contributed by atoms with Gasteiger partial charge in [-0.25, -0.2) is 0 Å². The Labute approximate surface area is 92.0 Å². The van der Waals surface area contributed by atoms with Crippen LogP contribution in [0.2, 0.25) is 0 Å². The smallest absolute Gasteiger partial charge is 0.324 e. The van der Waals surface area contributed by atoms with E-state index in [1.807, 2.05) is 41.5 Å². The number of hydrogen-bond donors (Lipinski definition) is 0. The summed E-state index contributed by atoms with van der Waals surface area (Å²) in [5.74, 6) is -0.325. The SMILES string of the molecule is CCC(Cl)C(=O)OC(C)(C)C(C)(C)C. The predicted octanol–water partition coefficient (Wildman–Crippen LogP) is 3.37. The van der Waals surface area contributed by atoms with E-state index in [1.54, 1.807) is 0 Å². The molecule has 0 aromatic rings. The van der Waals surface area contributed by atoms with Crippen molar-refractivity contribution in [1.29, 1.82) is 0 Å². The van der Waals surface area contributed by atoms with Gasteiger partial charge in [0.25, 0.3) is 0 Å². The van der Waals surface area contributed by atoms with Crippen molar-refractivity contribution < 1.29 is 9.53 Å². The quantitative estimate of drug-likeness (QED) is 0.539. The van der Waals surface area contributed by atoms with Gasteiger partial charge in [-0.2, -0.15) is 0 Å². The molecule has 0 aliphatic rings. The van der Waals surface area contributed by atoms with Crippen LogP contribution in [0.15, 0.2) is 0 Å². The molecule has 0 heterocycles. The van der Waals surface area contributed by atoms with Gasteiger partial charge in [0.2, 0.25) is 0 Å². The van der Waals surface area contributed by atoms with Gasteiger partial charge in [0.1, 0.15) is 11.0 Å². The Bertz CT molecular complexity index is 204. The van der Waals surface area contributed by atoms with Gasteiger partial charge >= 0.3 is 5.97 Å². The molecule has 0 N–H and O–H groups in total. The van der Waals surface area contributed by atoms with E-state index < -0.39 is 11.0 Å². The van der Waals surface area contributed by atoms with Gasteiger partial charge in [-0.15, -0.1) is 11.6 Å². The average molecular weight is 221 g/mol. The average Bonchev–Trinajstić information content (AvgIpc) is 2.00. The number of alkyl halides is 1. The molecule has 0 spiro atoms. The summed E-state index contributed by atoms with van der Waals surface area (Å²) in [6.07, 6.45) is 0.598. The summed E-state index contributed by atoms with van der Waals surface area (Å²) in [6.45, 7) is 11.8. The second-order valence-electron chi connectivity index (χ2n) is 5.06. The van der Waals surface area contributed by atoms with Crippen molar-refractivity contribution in [2.24, 2.45) is 5.41 Å². The summed E-state index contributed by atoms with van der Waals surface area (Å²) in [4.78, 5) is 11.5. The van der Waals surface area contributed by atoms with Gasteiger partial charge in [-0.3, -0.25) is 4.79 Å². The minimum Gasteiger partial charge on any atom is -0.458 e. The lowest BCUT2D eigenvalue weighted by molar-refractivity contribution is -0.166. The van der Waals surface area contributed by atoms with Crippen LogP contribution in [0.1, 0.15) is 48.0 Å². The van der Waals surface area contributed by atoms with E-state index in [-0.39, 0.29) is 11.4 Å². The summed E-state index contributed by atoms with van der Waals surface area (Å²) in [7, 11) is 0. The van der Waals surface area contributed by atoms with E-state index >= 15 is 0 Å². The first-order valence-corrected chi connectivity index (χ1v) is 5.42. The number of carbonyl (C=O) groups is 1. The molecule has 0 rings (SSSR count). The molecule has 0 aromatic carbocycles. The Kier molecular flexibility index (Phi) is 4.44. The molecule has 0 saturated heterocycles. The van der Waals surface area contributed by atoms with E-state index in [9.17, 15) is 4.79 Å². The number of halogens is 1. The fraction of sp³-hybridized carbons (Fsp3) is 0.909. The van der Waals surface area contributed by atoms with Crippen molar-refractivity contribution in [2.45, 2.75) is 58.9 Å². The van der Waals surface area contributed by atoms with E-state index in [1.165, 1.54) is 0 Å². The van der Waals surface area contributed by atoms with Crippen LogP contribution < -0.4 is 0 Å². The maximum absolute atomic E-state index is 11.5. The number of rotatable bonds is 3. The molecule has 0 radical (unpaired) electrons. The Morgan fingerprint density at radius 2 is 1.71 bits per heavy atom. The van der Waals surface area contributed by atoms with Crippen molar-refractivity contribution in [1.82, 2.24) is 0 Å². The van der Waals surface area contributed by atoms with Crippen molar-refractivity contribution in [2.75, 3.05) is 0 Å². The van der Waals surface area contributed by atoms with E-state index in [2.05, 4.69) is 0 Å². The molecule has 0 fully saturated rings. The molecule has 0 aromatic heterocycles. The largest absolute Gasteiger partial charge is 0.458 e. The van der Waals surface area contributed by atoms with Gasteiger partial charge in [0, 0.05) is 5.41 Å². The Balaban J connectivity index is 4.45. The lowest BCUT2D eigenvalue weighted by atomic mass is 9.79. The molecule has 0 aliphatic carbocycles. The molecular weight excluding hydrogens is 200 g/mol. The van der Waals surface area contributed by atoms with Crippen LogP contribution in [0.3, 0.4) is 0 Å². The predicted molar refractivity (Wildman–Crippen MR) is 59.6 cm³/mol. The zero-order valence-electron chi connectivity index (χ0n) is 9.98. The van der Waals surface area contributed by atoms with E-state index in [0.29, 0.717) is 6.42 Å². The van der Waals surface area contributed by atoms with Crippen LogP contribution in [0.5, 0.6) is 0 Å². The van der Waals surface area contributed by atoms with E-state index in [4.69, 9.17) is 16.3 Å². The minimum absolute atomic E-state index is 0.0903. The lowest BCUT2D eigenvalue weighted by Crippen LogP contribution is -2.42. The van der Waals surface area contributed by atoms with Crippen molar-refractivity contribution in [3.05, 3.63) is 0 Å². The fourth-order valence-corrected chi connectivity index (χ4v) is 0.680. The molecule has 84 valence electrons. The van der Waals surface area contributed by atoms with Crippen LogP contribution in [-0.4, -0.2) is 16.9 Å². The number of esters is 1. The van der Waals surface area contributed by atoms with Crippen molar-refractivity contribution >= 4 is 17.6 Å². The lowest BCUT2D eigenvalue weighted by Gasteiger charge is -2.38. The molecule has 0 saturated carbocycles. The summed E-state index contributed by atoms with van der Waals surface area (Å²) < 4.78 is 5.38. The Morgan fingerprint density at radius 3 is 2.00 bits per heavy atom. The second kappa shape index (κ2) is 4.52. The van der Waals surface area contributed by atoms with Gasteiger partial charge in [-0.1, -0.05) is 27.7 Å². The molecular formula is C11H21ClO2. The maximum atomic E-state index is 11.5. The molecule has 0 bridgehead atoms. The summed E-state index contributed by atoms with van der Waals surface area (Å²) in [5.41, 5.74) is -0.584. The first kappa shape index (κ1) is 13.8. The highest BCUT2D eigenvalue weighted by atomic mass is 35.5. The third-order valence-electron chi connectivity index (χ3n) is 2.78. The Hall–Kier alpha value is -0.240. The zero-order valence-corrected chi connectivity index (χ0v) is 10.7. The summed E-state index contributed by atoms with van der Waals surface area (Å²) >= 11 is 5.80. The van der Waals surface area contributed by atoms with Gasteiger partial charge in [-0.05, 0) is 20.3 Å². The first-order chi connectivity index (χ1) is 6.12. The highest BCUT2D eigenvalue weighted by Crippen LogP contribution is 2.33. The van der Waals surface area contributed by atoms with Crippen molar-refractivity contribution in [3.63, 3.8) is 0 Å². The van der Waals surface area contributed by atoms with Gasteiger partial charge in [0.15, 0.2) is 0 Å². The summed E-state index contributed by atoms with van der Waals surface area (Å²) in [6, 6.07) is 0. The zero-order chi connectivity index (χ0) is 11.6. The fourth-order valence-electron chi connectivity index (χ4n) is 0.635. The molecule has 3 heteroatoms. The van der Waals surface area contributed by atoms with Gasteiger partial charge in [0.05, 0.1) is 0 Å². The number of ether oxygens (including phenoxy) is 1. The highest BCUT2D eigenvalue weighted by molar-refractivity contribution is 6.29. The number of hydrogen-bond acceptors (Lipinski definition) is 2. The van der Waals surface area contributed by atoms with Crippen LogP contribution >= 0.6 is 11.6 Å². The van der Waals surface area contributed by atoms with Crippen molar-refractivity contribution in [3.8, 4) is 0 Å². The topological polar surface area (TPSA) is 26.3 Å². The molecule has 0 amide bonds.